The Morgan fingerprint density at radius 1 is 1.48 bits per heavy atom. The molecule has 1 atom stereocenters. The highest BCUT2D eigenvalue weighted by Crippen LogP contribution is 2.20. The maximum absolute atomic E-state index is 12.2. The number of likely N-dealkylation sites (tertiary alicyclic amines) is 1. The van der Waals surface area contributed by atoms with Gasteiger partial charge in [-0.25, -0.2) is 14.5 Å². The predicted octanol–water partition coefficient (Wildman–Crippen LogP) is 0.517. The third kappa shape index (κ3) is 3.50. The number of carbonyl (C=O) groups excluding carboxylic acids is 2. The van der Waals surface area contributed by atoms with Crippen molar-refractivity contribution >= 4 is 11.9 Å². The van der Waals surface area contributed by atoms with Crippen molar-refractivity contribution in [3.63, 3.8) is 0 Å². The summed E-state index contributed by atoms with van der Waals surface area (Å²) in [6.45, 7) is 1.53. The van der Waals surface area contributed by atoms with E-state index in [9.17, 15) is 9.59 Å². The Morgan fingerprint density at radius 3 is 3.04 bits per heavy atom. The normalized spacial score (nSPS) is 17.9. The first kappa shape index (κ1) is 15.1. The summed E-state index contributed by atoms with van der Waals surface area (Å²) in [5.74, 6) is 0.0336. The molecule has 0 bridgehead atoms. The highest BCUT2D eigenvalue weighted by molar-refractivity contribution is 5.88. The zero-order valence-electron chi connectivity index (χ0n) is 12.5. The molecule has 1 fully saturated rings. The second-order valence-corrected chi connectivity index (χ2v) is 5.39. The van der Waals surface area contributed by atoms with Crippen LogP contribution >= 0.6 is 0 Å². The van der Waals surface area contributed by atoms with Gasteiger partial charge < -0.3 is 20.4 Å². The van der Waals surface area contributed by atoms with E-state index in [-0.39, 0.29) is 17.9 Å². The molecule has 9 heteroatoms. The molecule has 1 aliphatic rings. The van der Waals surface area contributed by atoms with Crippen LogP contribution in [0.4, 0.5) is 4.79 Å². The number of rotatable bonds is 4. The van der Waals surface area contributed by atoms with E-state index in [1.807, 2.05) is 0 Å². The minimum Gasteiger partial charge on any atom is -0.467 e. The Kier molecular flexibility index (Phi) is 4.26. The van der Waals surface area contributed by atoms with Crippen molar-refractivity contribution < 1.29 is 14.0 Å². The van der Waals surface area contributed by atoms with Gasteiger partial charge in [0.25, 0.3) is 5.91 Å². The number of nitrogens with zero attached hydrogens (tertiary/aromatic N) is 4. The van der Waals surface area contributed by atoms with Crippen molar-refractivity contribution in [1.82, 2.24) is 25.0 Å². The van der Waals surface area contributed by atoms with E-state index in [0.717, 1.165) is 12.8 Å². The number of amides is 3. The number of hydrogen-bond donors (Lipinski definition) is 2. The molecule has 0 unspecified atom stereocenters. The number of aromatic nitrogens is 3. The van der Waals surface area contributed by atoms with Gasteiger partial charge in [-0.2, -0.15) is 0 Å². The van der Waals surface area contributed by atoms with Crippen LogP contribution in [0.5, 0.6) is 0 Å². The molecule has 3 amide bonds. The zero-order chi connectivity index (χ0) is 16.2. The van der Waals surface area contributed by atoms with Crippen LogP contribution in [0.3, 0.4) is 0 Å². The minimum atomic E-state index is -0.660. The molecule has 0 saturated carbocycles. The second-order valence-electron chi connectivity index (χ2n) is 5.39. The number of nitrogens with two attached hydrogens (primary N) is 1. The highest BCUT2D eigenvalue weighted by atomic mass is 16.3. The van der Waals surface area contributed by atoms with Crippen LogP contribution in [-0.2, 0) is 6.54 Å². The lowest BCUT2D eigenvalue weighted by molar-refractivity contribution is 0.0989. The number of nitrogens with one attached hydrogen (secondary N) is 1. The first-order chi connectivity index (χ1) is 11.1. The lowest BCUT2D eigenvalue weighted by Crippen LogP contribution is -2.45. The molecule has 23 heavy (non-hydrogen) atoms. The number of piperidine rings is 1. The summed E-state index contributed by atoms with van der Waals surface area (Å²) in [5.41, 5.74) is 5.16. The fourth-order valence-electron chi connectivity index (χ4n) is 2.61. The fourth-order valence-corrected chi connectivity index (χ4v) is 2.61. The SMILES string of the molecule is NC(=O)c1ncn([C@@H]2CCCN(C(=O)NCc3ccco3)C2)n1. The summed E-state index contributed by atoms with van der Waals surface area (Å²) in [4.78, 5) is 28.9. The molecule has 0 aliphatic carbocycles. The maximum Gasteiger partial charge on any atom is 0.317 e. The molecule has 1 saturated heterocycles. The standard InChI is InChI=1S/C14H18N6O3/c15-12(21)13-17-9-20(18-13)10-3-1-5-19(8-10)14(22)16-7-11-4-2-6-23-11/h2,4,6,9-10H,1,3,5,7-8H2,(H2,15,21)(H,16,22)/t10-/m1/s1. The largest absolute Gasteiger partial charge is 0.467 e. The highest BCUT2D eigenvalue weighted by Gasteiger charge is 2.26. The van der Waals surface area contributed by atoms with E-state index in [1.165, 1.54) is 6.33 Å². The third-order valence-corrected chi connectivity index (χ3v) is 3.78. The molecular formula is C14H18N6O3. The summed E-state index contributed by atoms with van der Waals surface area (Å²) in [6.07, 6.45) is 4.77. The van der Waals surface area contributed by atoms with E-state index in [0.29, 0.717) is 25.4 Å². The van der Waals surface area contributed by atoms with Gasteiger partial charge in [0.05, 0.1) is 18.8 Å². The van der Waals surface area contributed by atoms with Gasteiger partial charge in [-0.05, 0) is 25.0 Å². The number of carbonyl (C=O) groups is 2. The average Bonchev–Trinajstić information content (AvgIpc) is 3.24. The lowest BCUT2D eigenvalue weighted by atomic mass is 10.1. The lowest BCUT2D eigenvalue weighted by Gasteiger charge is -2.32. The van der Waals surface area contributed by atoms with E-state index in [4.69, 9.17) is 10.2 Å². The van der Waals surface area contributed by atoms with Gasteiger partial charge in [0.1, 0.15) is 12.1 Å². The Morgan fingerprint density at radius 2 is 2.35 bits per heavy atom. The number of urea groups is 1. The number of primary amides is 1. The Labute approximate surface area is 132 Å². The number of hydrogen-bond acceptors (Lipinski definition) is 5. The summed E-state index contributed by atoms with van der Waals surface area (Å²) in [7, 11) is 0. The topological polar surface area (TPSA) is 119 Å². The molecule has 9 nitrogen and oxygen atoms in total. The van der Waals surface area contributed by atoms with Crippen LogP contribution < -0.4 is 11.1 Å². The molecule has 1 aliphatic heterocycles. The monoisotopic (exact) mass is 318 g/mol. The summed E-state index contributed by atoms with van der Waals surface area (Å²) >= 11 is 0. The molecule has 2 aromatic rings. The Bertz CT molecular complexity index is 681. The zero-order valence-corrected chi connectivity index (χ0v) is 12.5. The molecule has 3 rings (SSSR count). The first-order valence-electron chi connectivity index (χ1n) is 7.39. The molecule has 0 aromatic carbocycles. The van der Waals surface area contributed by atoms with E-state index in [2.05, 4.69) is 15.4 Å². The van der Waals surface area contributed by atoms with Crippen LogP contribution in [0.2, 0.25) is 0 Å². The average molecular weight is 318 g/mol. The van der Waals surface area contributed by atoms with Gasteiger partial charge in [0.2, 0.25) is 5.82 Å². The van der Waals surface area contributed by atoms with Crippen molar-refractivity contribution in [2.45, 2.75) is 25.4 Å². The molecule has 0 spiro atoms. The van der Waals surface area contributed by atoms with Crippen LogP contribution in [0, 0.1) is 0 Å². The predicted molar refractivity (Wildman–Crippen MR) is 79.3 cm³/mol. The van der Waals surface area contributed by atoms with Crippen LogP contribution in [-0.4, -0.2) is 44.7 Å². The van der Waals surface area contributed by atoms with Crippen molar-refractivity contribution in [3.8, 4) is 0 Å². The summed E-state index contributed by atoms with van der Waals surface area (Å²) in [5, 5.41) is 6.90. The fraction of sp³-hybridized carbons (Fsp3) is 0.429. The van der Waals surface area contributed by atoms with Crippen molar-refractivity contribution in [3.05, 3.63) is 36.3 Å². The van der Waals surface area contributed by atoms with E-state index in [1.54, 1.807) is 28.0 Å². The number of furan rings is 1. The smallest absolute Gasteiger partial charge is 0.317 e. The van der Waals surface area contributed by atoms with Crippen LogP contribution in [0.1, 0.15) is 35.3 Å². The van der Waals surface area contributed by atoms with Gasteiger partial charge in [-0.1, -0.05) is 0 Å². The van der Waals surface area contributed by atoms with Gasteiger partial charge in [-0.15, -0.1) is 5.10 Å². The molecule has 3 heterocycles. The Balaban J connectivity index is 1.58. The molecule has 3 N–H and O–H groups in total. The third-order valence-electron chi connectivity index (χ3n) is 3.78. The molecule has 122 valence electrons. The van der Waals surface area contributed by atoms with E-state index >= 15 is 0 Å². The van der Waals surface area contributed by atoms with Crippen molar-refractivity contribution in [2.24, 2.45) is 5.73 Å². The van der Waals surface area contributed by atoms with E-state index < -0.39 is 5.91 Å². The van der Waals surface area contributed by atoms with Gasteiger partial charge in [0.15, 0.2) is 0 Å². The Hall–Kier alpha value is -2.84. The van der Waals surface area contributed by atoms with Gasteiger partial charge in [-0.3, -0.25) is 4.79 Å². The first-order valence-corrected chi connectivity index (χ1v) is 7.39. The maximum atomic E-state index is 12.2. The van der Waals surface area contributed by atoms with Gasteiger partial charge in [0, 0.05) is 13.1 Å². The van der Waals surface area contributed by atoms with Crippen LogP contribution in [0.25, 0.3) is 0 Å². The van der Waals surface area contributed by atoms with Gasteiger partial charge >= 0.3 is 6.03 Å². The molecular weight excluding hydrogens is 300 g/mol. The minimum absolute atomic E-state index is 0.00982. The quantitative estimate of drug-likeness (QED) is 0.851. The summed E-state index contributed by atoms with van der Waals surface area (Å²) in [6, 6.07) is 3.42. The molecule has 0 radical (unpaired) electrons. The summed E-state index contributed by atoms with van der Waals surface area (Å²) < 4.78 is 6.79. The second kappa shape index (κ2) is 6.51. The molecule has 2 aromatic heterocycles. The van der Waals surface area contributed by atoms with Crippen molar-refractivity contribution in [1.29, 1.82) is 0 Å². The van der Waals surface area contributed by atoms with Crippen LogP contribution in [0.15, 0.2) is 29.1 Å². The van der Waals surface area contributed by atoms with Crippen molar-refractivity contribution in [2.75, 3.05) is 13.1 Å².